The average molecular weight is 216 g/mol. The quantitative estimate of drug-likeness (QED) is 0.564. The zero-order chi connectivity index (χ0) is 12.0. The van der Waals surface area contributed by atoms with Gasteiger partial charge in [0.1, 0.15) is 11.6 Å². The van der Waals surface area contributed by atoms with Crippen LogP contribution >= 0.6 is 0 Å². The summed E-state index contributed by atoms with van der Waals surface area (Å²) in [5, 5.41) is 11.6. The van der Waals surface area contributed by atoms with Gasteiger partial charge >= 0.3 is 0 Å². The molecule has 0 aliphatic heterocycles. The zero-order valence-corrected chi connectivity index (χ0v) is 8.90. The monoisotopic (exact) mass is 216 g/mol. The Morgan fingerprint density at radius 3 is 2.88 bits per heavy atom. The smallest absolute Gasteiger partial charge is 0.261 e. The summed E-state index contributed by atoms with van der Waals surface area (Å²) >= 11 is 0. The second-order valence-electron chi connectivity index (χ2n) is 3.15. The molecule has 0 bridgehead atoms. The highest BCUT2D eigenvalue weighted by Crippen LogP contribution is 2.00. The Hall–Kier alpha value is -2.35. The number of nitrogens with two attached hydrogens (primary N) is 1. The first-order valence-corrected chi connectivity index (χ1v) is 4.69. The number of allylic oxidation sites excluding steroid dienone is 1. The largest absolute Gasteiger partial charge is 0.382 e. The number of hydrogen-bond acceptors (Lipinski definition) is 4. The van der Waals surface area contributed by atoms with Gasteiger partial charge in [-0.1, -0.05) is 6.07 Å². The molecule has 0 spiro atoms. The Labute approximate surface area is 93.6 Å². The summed E-state index contributed by atoms with van der Waals surface area (Å²) in [5.74, 6) is -0.728. The number of amides is 1. The normalized spacial score (nSPS) is 11.2. The fraction of sp³-hybridized carbons (Fsp3) is 0.182. The van der Waals surface area contributed by atoms with Crippen LogP contribution in [0.3, 0.4) is 0 Å². The number of carbonyl (C=O) groups is 1. The van der Waals surface area contributed by atoms with Crippen LogP contribution in [0.15, 0.2) is 35.7 Å². The molecule has 0 saturated heterocycles. The van der Waals surface area contributed by atoms with E-state index in [2.05, 4.69) is 10.3 Å². The molecule has 1 amide bonds. The molecule has 3 N–H and O–H groups in total. The fourth-order valence-corrected chi connectivity index (χ4v) is 1.14. The Bertz CT molecular complexity index is 445. The van der Waals surface area contributed by atoms with Gasteiger partial charge in [-0.3, -0.25) is 9.78 Å². The number of carbonyl (C=O) groups excluding carboxylic acids is 1. The standard InChI is InChI=1S/C11H12N4O/c1-8(10(6-12)11(13)16)15-7-9-4-2-3-5-14-9/h2-5,15H,7H2,1H3,(H2,13,16)/b10-8+. The van der Waals surface area contributed by atoms with Gasteiger partial charge in [-0.25, -0.2) is 0 Å². The third-order valence-corrected chi connectivity index (χ3v) is 1.99. The van der Waals surface area contributed by atoms with Gasteiger partial charge in [0.05, 0.1) is 12.2 Å². The summed E-state index contributed by atoms with van der Waals surface area (Å²) in [6, 6.07) is 7.28. The van der Waals surface area contributed by atoms with Crippen molar-refractivity contribution in [2.45, 2.75) is 13.5 Å². The molecular weight excluding hydrogens is 204 g/mol. The Morgan fingerprint density at radius 1 is 1.62 bits per heavy atom. The minimum atomic E-state index is -0.728. The molecule has 0 unspecified atom stereocenters. The maximum absolute atomic E-state index is 10.9. The van der Waals surface area contributed by atoms with Crippen LogP contribution in [-0.4, -0.2) is 10.9 Å². The molecule has 1 aromatic heterocycles. The molecule has 0 aromatic carbocycles. The molecule has 0 atom stereocenters. The van der Waals surface area contributed by atoms with Crippen molar-refractivity contribution in [2.75, 3.05) is 0 Å². The molecule has 0 saturated carbocycles. The van der Waals surface area contributed by atoms with Crippen molar-refractivity contribution in [1.82, 2.24) is 10.3 Å². The number of rotatable bonds is 4. The summed E-state index contributed by atoms with van der Waals surface area (Å²) < 4.78 is 0. The van der Waals surface area contributed by atoms with E-state index in [4.69, 9.17) is 11.0 Å². The van der Waals surface area contributed by atoms with E-state index in [-0.39, 0.29) is 5.57 Å². The lowest BCUT2D eigenvalue weighted by molar-refractivity contribution is -0.114. The minimum absolute atomic E-state index is 0.0593. The van der Waals surface area contributed by atoms with Crippen molar-refractivity contribution < 1.29 is 4.79 Å². The predicted octanol–water partition coefficient (Wildman–Crippen LogP) is 0.454. The molecule has 82 valence electrons. The minimum Gasteiger partial charge on any atom is -0.382 e. The molecule has 0 aliphatic carbocycles. The predicted molar refractivity (Wildman–Crippen MR) is 58.6 cm³/mol. The second-order valence-corrected chi connectivity index (χ2v) is 3.15. The summed E-state index contributed by atoms with van der Waals surface area (Å²) in [6.45, 7) is 2.08. The number of hydrogen-bond donors (Lipinski definition) is 2. The molecule has 1 aromatic rings. The molecule has 5 nitrogen and oxygen atoms in total. The van der Waals surface area contributed by atoms with Gasteiger partial charge in [0.25, 0.3) is 5.91 Å². The van der Waals surface area contributed by atoms with Gasteiger partial charge < -0.3 is 11.1 Å². The summed E-state index contributed by atoms with van der Waals surface area (Å²) in [6.07, 6.45) is 1.68. The number of nitrogens with one attached hydrogen (secondary N) is 1. The van der Waals surface area contributed by atoms with Crippen LogP contribution in [0.25, 0.3) is 0 Å². The molecule has 1 heterocycles. The highest BCUT2D eigenvalue weighted by atomic mass is 16.1. The van der Waals surface area contributed by atoms with Gasteiger partial charge in [-0.15, -0.1) is 0 Å². The van der Waals surface area contributed by atoms with E-state index in [9.17, 15) is 4.79 Å². The molecule has 0 radical (unpaired) electrons. The van der Waals surface area contributed by atoms with Crippen LogP contribution < -0.4 is 11.1 Å². The van der Waals surface area contributed by atoms with Gasteiger partial charge in [0.2, 0.25) is 0 Å². The van der Waals surface area contributed by atoms with E-state index < -0.39 is 5.91 Å². The van der Waals surface area contributed by atoms with Crippen LogP contribution in [0.4, 0.5) is 0 Å². The van der Waals surface area contributed by atoms with E-state index in [0.29, 0.717) is 12.2 Å². The van der Waals surface area contributed by atoms with Crippen LogP contribution in [-0.2, 0) is 11.3 Å². The molecule has 5 heteroatoms. The third kappa shape index (κ3) is 3.10. The van der Waals surface area contributed by atoms with Gasteiger partial charge in [0, 0.05) is 11.9 Å². The van der Waals surface area contributed by atoms with Crippen molar-refractivity contribution in [3.8, 4) is 6.07 Å². The van der Waals surface area contributed by atoms with Crippen LogP contribution in [0.2, 0.25) is 0 Å². The lowest BCUT2D eigenvalue weighted by atomic mass is 10.2. The van der Waals surface area contributed by atoms with Crippen LogP contribution in [0, 0.1) is 11.3 Å². The van der Waals surface area contributed by atoms with Crippen LogP contribution in [0.5, 0.6) is 0 Å². The number of pyridine rings is 1. The number of primary amides is 1. The van der Waals surface area contributed by atoms with E-state index >= 15 is 0 Å². The van der Waals surface area contributed by atoms with Gasteiger partial charge in [-0.05, 0) is 19.1 Å². The highest BCUT2D eigenvalue weighted by molar-refractivity contribution is 5.96. The van der Waals surface area contributed by atoms with Gasteiger partial charge in [0.15, 0.2) is 0 Å². The number of aromatic nitrogens is 1. The van der Waals surface area contributed by atoms with Crippen molar-refractivity contribution >= 4 is 5.91 Å². The van der Waals surface area contributed by atoms with Crippen molar-refractivity contribution in [3.05, 3.63) is 41.4 Å². The molecule has 1 rings (SSSR count). The summed E-state index contributed by atoms with van der Waals surface area (Å²) in [5.41, 5.74) is 6.26. The van der Waals surface area contributed by atoms with Crippen LogP contribution in [0.1, 0.15) is 12.6 Å². The van der Waals surface area contributed by atoms with E-state index in [1.54, 1.807) is 19.2 Å². The molecule has 0 fully saturated rings. The van der Waals surface area contributed by atoms with Crippen molar-refractivity contribution in [3.63, 3.8) is 0 Å². The second kappa shape index (κ2) is 5.51. The Morgan fingerprint density at radius 2 is 2.38 bits per heavy atom. The Balaban J connectivity index is 2.69. The topological polar surface area (TPSA) is 91.8 Å². The molecule has 16 heavy (non-hydrogen) atoms. The van der Waals surface area contributed by atoms with E-state index in [1.807, 2.05) is 18.2 Å². The van der Waals surface area contributed by atoms with E-state index in [1.165, 1.54) is 0 Å². The lowest BCUT2D eigenvalue weighted by Gasteiger charge is -2.06. The molecule has 0 aliphatic rings. The summed E-state index contributed by atoms with van der Waals surface area (Å²) in [7, 11) is 0. The first-order chi connectivity index (χ1) is 7.65. The maximum atomic E-state index is 10.9. The van der Waals surface area contributed by atoms with Gasteiger partial charge in [-0.2, -0.15) is 5.26 Å². The Kier molecular flexibility index (Phi) is 4.04. The highest BCUT2D eigenvalue weighted by Gasteiger charge is 2.07. The average Bonchev–Trinajstić information content (AvgIpc) is 2.28. The summed E-state index contributed by atoms with van der Waals surface area (Å²) in [4.78, 5) is 15.0. The first-order valence-electron chi connectivity index (χ1n) is 4.69. The first kappa shape index (κ1) is 11.7. The SMILES string of the molecule is C/C(NCc1ccccn1)=C(/C#N)C(N)=O. The maximum Gasteiger partial charge on any atom is 0.261 e. The van der Waals surface area contributed by atoms with Crippen molar-refractivity contribution in [2.24, 2.45) is 5.73 Å². The molecular formula is C11H12N4O. The number of nitriles is 1. The van der Waals surface area contributed by atoms with Crippen molar-refractivity contribution in [1.29, 1.82) is 5.26 Å². The fourth-order valence-electron chi connectivity index (χ4n) is 1.14. The zero-order valence-electron chi connectivity index (χ0n) is 8.90. The van der Waals surface area contributed by atoms with E-state index in [0.717, 1.165) is 5.69 Å². The third-order valence-electron chi connectivity index (χ3n) is 1.99. The number of nitrogens with zero attached hydrogens (tertiary/aromatic N) is 2. The lowest BCUT2D eigenvalue weighted by Crippen LogP contribution is -2.20.